The van der Waals surface area contributed by atoms with Crippen molar-refractivity contribution in [1.82, 2.24) is 20.8 Å². The molecule has 2 aliphatic carbocycles. The zero-order chi connectivity index (χ0) is 13.4. The van der Waals surface area contributed by atoms with Gasteiger partial charge >= 0.3 is 0 Å². The van der Waals surface area contributed by atoms with E-state index in [4.69, 9.17) is 5.73 Å². The van der Waals surface area contributed by atoms with Crippen LogP contribution in [0.1, 0.15) is 47.8 Å². The number of carbonyl (C=O) groups excluding carboxylic acids is 2. The number of aromatic nitrogens is 2. The molecular weight excluding hydrogens is 246 g/mol. The normalized spacial score (nSPS) is 18.1. The Labute approximate surface area is 110 Å². The molecule has 2 saturated carbocycles. The van der Waals surface area contributed by atoms with Crippen LogP contribution in [0, 0.1) is 0 Å². The fraction of sp³-hybridized carbons (Fsp3) is 0.583. The van der Waals surface area contributed by atoms with Crippen LogP contribution < -0.4 is 16.4 Å². The molecule has 2 amide bonds. The lowest BCUT2D eigenvalue weighted by Gasteiger charge is -2.04. The number of nitrogens with one attached hydrogen (secondary N) is 3. The molecule has 19 heavy (non-hydrogen) atoms. The zero-order valence-electron chi connectivity index (χ0n) is 10.5. The molecule has 1 aromatic heterocycles. The molecule has 0 aliphatic heterocycles. The second-order valence-corrected chi connectivity index (χ2v) is 5.20. The highest BCUT2D eigenvalue weighted by Crippen LogP contribution is 2.42. The number of nitrogens with two attached hydrogens (primary N) is 1. The molecular formula is C12H17N5O2. The van der Waals surface area contributed by atoms with Gasteiger partial charge in [-0.3, -0.25) is 14.7 Å². The first-order valence-corrected chi connectivity index (χ1v) is 6.56. The van der Waals surface area contributed by atoms with Crippen molar-refractivity contribution in [2.45, 2.75) is 37.6 Å². The molecule has 1 aromatic rings. The van der Waals surface area contributed by atoms with Crippen LogP contribution in [0.5, 0.6) is 0 Å². The maximum Gasteiger partial charge on any atom is 0.274 e. The van der Waals surface area contributed by atoms with Crippen LogP contribution in [-0.4, -0.2) is 34.6 Å². The van der Waals surface area contributed by atoms with E-state index in [1.807, 2.05) is 0 Å². The van der Waals surface area contributed by atoms with Crippen LogP contribution in [0.4, 0.5) is 5.69 Å². The first-order chi connectivity index (χ1) is 9.15. The minimum atomic E-state index is -0.411. The Balaban J connectivity index is 1.55. The Hall–Kier alpha value is -2.05. The number of amides is 2. The molecule has 0 spiro atoms. The van der Waals surface area contributed by atoms with Crippen molar-refractivity contribution in [2.75, 3.05) is 12.3 Å². The number of anilines is 1. The number of nitrogen functional groups attached to an aromatic ring is 1. The van der Waals surface area contributed by atoms with Crippen LogP contribution in [0.3, 0.4) is 0 Å². The van der Waals surface area contributed by atoms with Gasteiger partial charge in [-0.25, -0.2) is 0 Å². The van der Waals surface area contributed by atoms with Crippen molar-refractivity contribution < 1.29 is 9.59 Å². The molecule has 2 fully saturated rings. The number of carbonyl (C=O) groups is 2. The molecule has 0 aromatic carbocycles. The Morgan fingerprint density at radius 1 is 1.32 bits per heavy atom. The van der Waals surface area contributed by atoms with E-state index < -0.39 is 5.91 Å². The third-order valence-electron chi connectivity index (χ3n) is 3.39. The molecule has 1 heterocycles. The van der Waals surface area contributed by atoms with Crippen LogP contribution in [0.15, 0.2) is 0 Å². The van der Waals surface area contributed by atoms with Gasteiger partial charge in [0, 0.05) is 12.0 Å². The molecule has 3 rings (SSSR count). The van der Waals surface area contributed by atoms with E-state index in [9.17, 15) is 9.59 Å². The van der Waals surface area contributed by atoms with E-state index >= 15 is 0 Å². The van der Waals surface area contributed by atoms with Gasteiger partial charge in [0.1, 0.15) is 0 Å². The average Bonchev–Trinajstić information content (AvgIpc) is 3.28. The summed E-state index contributed by atoms with van der Waals surface area (Å²) in [5.74, 6) is -0.175. The van der Waals surface area contributed by atoms with Crippen molar-refractivity contribution in [1.29, 1.82) is 0 Å². The lowest BCUT2D eigenvalue weighted by Crippen LogP contribution is -2.38. The Morgan fingerprint density at radius 2 is 2.05 bits per heavy atom. The first-order valence-electron chi connectivity index (χ1n) is 6.56. The van der Waals surface area contributed by atoms with Gasteiger partial charge in [0.25, 0.3) is 5.91 Å². The van der Waals surface area contributed by atoms with Crippen LogP contribution >= 0.6 is 0 Å². The summed E-state index contributed by atoms with van der Waals surface area (Å²) < 4.78 is 0. The summed E-state index contributed by atoms with van der Waals surface area (Å²) >= 11 is 0. The maximum absolute atomic E-state index is 11.9. The van der Waals surface area contributed by atoms with Gasteiger partial charge in [0.05, 0.1) is 17.9 Å². The number of aromatic amines is 1. The standard InChI is InChI=1S/C12H17N5O2/c13-9-10(6-1-2-6)16-17-11(9)12(19)14-5-8(18)15-7-3-4-7/h6-7H,1-5,13H2,(H,14,19)(H,15,18)(H,16,17). The fourth-order valence-electron chi connectivity index (χ4n) is 1.97. The van der Waals surface area contributed by atoms with Gasteiger partial charge in [-0.1, -0.05) is 0 Å². The highest BCUT2D eigenvalue weighted by molar-refractivity contribution is 5.99. The number of H-pyrrole nitrogens is 1. The van der Waals surface area contributed by atoms with Crippen molar-refractivity contribution in [2.24, 2.45) is 0 Å². The highest BCUT2D eigenvalue weighted by atomic mass is 16.2. The predicted octanol–water partition coefficient (Wildman–Crippen LogP) is -0.122. The number of hydrogen-bond donors (Lipinski definition) is 4. The minimum absolute atomic E-state index is 0.0413. The smallest absolute Gasteiger partial charge is 0.274 e. The summed E-state index contributed by atoms with van der Waals surface area (Å²) in [6.45, 7) is -0.0413. The summed E-state index contributed by atoms with van der Waals surface area (Å²) in [4.78, 5) is 23.3. The van der Waals surface area contributed by atoms with E-state index in [1.54, 1.807) is 0 Å². The first kappa shape index (κ1) is 12.0. The SMILES string of the molecule is Nc1c(C(=O)NCC(=O)NC2CC2)n[nH]c1C1CC1. The zero-order valence-corrected chi connectivity index (χ0v) is 10.5. The van der Waals surface area contributed by atoms with Crippen LogP contribution in [-0.2, 0) is 4.79 Å². The largest absolute Gasteiger partial charge is 0.395 e. The van der Waals surface area contributed by atoms with Crippen LogP contribution in [0.2, 0.25) is 0 Å². The Morgan fingerprint density at radius 3 is 2.68 bits per heavy atom. The lowest BCUT2D eigenvalue weighted by molar-refractivity contribution is -0.120. The Bertz CT molecular complexity index is 516. The van der Waals surface area contributed by atoms with E-state index in [1.165, 1.54) is 0 Å². The van der Waals surface area contributed by atoms with E-state index in [0.717, 1.165) is 31.4 Å². The van der Waals surface area contributed by atoms with Gasteiger partial charge < -0.3 is 16.4 Å². The molecule has 102 valence electrons. The summed E-state index contributed by atoms with van der Waals surface area (Å²) in [7, 11) is 0. The van der Waals surface area contributed by atoms with E-state index in [-0.39, 0.29) is 18.1 Å². The number of rotatable bonds is 5. The monoisotopic (exact) mass is 263 g/mol. The summed E-state index contributed by atoms with van der Waals surface area (Å²) in [5, 5.41) is 12.1. The van der Waals surface area contributed by atoms with Gasteiger partial charge in [-0.05, 0) is 25.7 Å². The van der Waals surface area contributed by atoms with E-state index in [0.29, 0.717) is 17.6 Å². The number of hydrogen-bond acceptors (Lipinski definition) is 4. The van der Waals surface area contributed by atoms with Gasteiger partial charge in [0.2, 0.25) is 5.91 Å². The summed E-state index contributed by atoms with van der Waals surface area (Å²) in [6.07, 6.45) is 4.21. The van der Waals surface area contributed by atoms with Gasteiger partial charge in [-0.2, -0.15) is 5.10 Å². The van der Waals surface area contributed by atoms with Crippen molar-refractivity contribution >= 4 is 17.5 Å². The maximum atomic E-state index is 11.9. The molecule has 0 unspecified atom stereocenters. The fourth-order valence-corrected chi connectivity index (χ4v) is 1.97. The second kappa shape index (κ2) is 4.56. The quantitative estimate of drug-likeness (QED) is 0.593. The molecule has 0 saturated heterocycles. The van der Waals surface area contributed by atoms with E-state index in [2.05, 4.69) is 20.8 Å². The van der Waals surface area contributed by atoms with Gasteiger partial charge in [0.15, 0.2) is 5.69 Å². The molecule has 0 radical (unpaired) electrons. The second-order valence-electron chi connectivity index (χ2n) is 5.20. The van der Waals surface area contributed by atoms with Crippen molar-refractivity contribution in [3.63, 3.8) is 0 Å². The number of nitrogens with zero attached hydrogens (tertiary/aromatic N) is 1. The van der Waals surface area contributed by atoms with Crippen molar-refractivity contribution in [3.8, 4) is 0 Å². The molecule has 2 aliphatic rings. The molecule has 7 heteroatoms. The van der Waals surface area contributed by atoms with Crippen molar-refractivity contribution in [3.05, 3.63) is 11.4 Å². The molecule has 0 atom stereocenters. The summed E-state index contributed by atoms with van der Waals surface area (Å²) in [5.41, 5.74) is 7.31. The van der Waals surface area contributed by atoms with Crippen LogP contribution in [0.25, 0.3) is 0 Å². The third kappa shape index (κ3) is 2.69. The molecule has 0 bridgehead atoms. The van der Waals surface area contributed by atoms with Gasteiger partial charge in [-0.15, -0.1) is 0 Å². The lowest BCUT2D eigenvalue weighted by atomic mass is 10.2. The predicted molar refractivity (Wildman–Crippen MR) is 68.5 cm³/mol. The summed E-state index contributed by atoms with van der Waals surface area (Å²) in [6, 6.07) is 0.293. The molecule has 5 N–H and O–H groups in total. The average molecular weight is 263 g/mol. The third-order valence-corrected chi connectivity index (χ3v) is 3.39. The Kier molecular flexibility index (Phi) is 2.88. The highest BCUT2D eigenvalue weighted by Gasteiger charge is 2.30. The topological polar surface area (TPSA) is 113 Å². The minimum Gasteiger partial charge on any atom is -0.395 e. The molecule has 7 nitrogen and oxygen atoms in total.